The van der Waals surface area contributed by atoms with Crippen LogP contribution < -0.4 is 4.90 Å². The standard InChI is InChI=1S/C9H21N/c1-8(2)9(3,4)7-10(5)6/h8H,7H2,1-6H3/p+1. The first-order valence-corrected chi connectivity index (χ1v) is 4.15. The summed E-state index contributed by atoms with van der Waals surface area (Å²) < 4.78 is 0. The molecule has 0 fully saturated rings. The van der Waals surface area contributed by atoms with E-state index in [0.29, 0.717) is 5.41 Å². The third kappa shape index (κ3) is 3.21. The number of nitrogens with one attached hydrogen (secondary N) is 1. The van der Waals surface area contributed by atoms with E-state index in [-0.39, 0.29) is 0 Å². The average molecular weight is 144 g/mol. The van der Waals surface area contributed by atoms with Gasteiger partial charge in [-0.15, -0.1) is 0 Å². The van der Waals surface area contributed by atoms with Crippen LogP contribution in [0, 0.1) is 11.3 Å². The van der Waals surface area contributed by atoms with Crippen molar-refractivity contribution in [1.29, 1.82) is 0 Å². The Morgan fingerprint density at radius 1 is 1.20 bits per heavy atom. The van der Waals surface area contributed by atoms with Crippen molar-refractivity contribution in [1.82, 2.24) is 0 Å². The fourth-order valence-corrected chi connectivity index (χ4v) is 1.12. The van der Waals surface area contributed by atoms with Crippen molar-refractivity contribution in [2.24, 2.45) is 11.3 Å². The normalized spacial score (nSPS) is 13.2. The molecule has 10 heavy (non-hydrogen) atoms. The van der Waals surface area contributed by atoms with Crippen LogP contribution in [-0.2, 0) is 0 Å². The maximum absolute atomic E-state index is 2.34. The van der Waals surface area contributed by atoms with Gasteiger partial charge in [0.1, 0.15) is 0 Å². The van der Waals surface area contributed by atoms with E-state index in [1.165, 1.54) is 6.54 Å². The summed E-state index contributed by atoms with van der Waals surface area (Å²) in [4.78, 5) is 1.54. The van der Waals surface area contributed by atoms with Crippen LogP contribution in [0.4, 0.5) is 0 Å². The van der Waals surface area contributed by atoms with E-state index in [2.05, 4.69) is 41.8 Å². The van der Waals surface area contributed by atoms with E-state index in [4.69, 9.17) is 0 Å². The molecule has 0 aliphatic rings. The fraction of sp³-hybridized carbons (Fsp3) is 1.00. The van der Waals surface area contributed by atoms with Gasteiger partial charge in [-0.25, -0.2) is 0 Å². The summed E-state index contributed by atoms with van der Waals surface area (Å²) in [6.45, 7) is 10.5. The third-order valence-electron chi connectivity index (χ3n) is 2.37. The molecule has 62 valence electrons. The quantitative estimate of drug-likeness (QED) is 0.598. The minimum absolute atomic E-state index is 0.485. The van der Waals surface area contributed by atoms with Crippen molar-refractivity contribution in [3.63, 3.8) is 0 Å². The molecule has 0 aromatic carbocycles. The molecule has 0 heterocycles. The molecule has 0 bridgehead atoms. The predicted molar refractivity (Wildman–Crippen MR) is 46.3 cm³/mol. The first-order chi connectivity index (χ1) is 4.36. The van der Waals surface area contributed by atoms with Gasteiger partial charge in [0.05, 0.1) is 20.6 Å². The molecule has 1 nitrogen and oxygen atoms in total. The van der Waals surface area contributed by atoms with Crippen LogP contribution >= 0.6 is 0 Å². The highest BCUT2D eigenvalue weighted by atomic mass is 15.1. The molecular formula is C9H22N+. The largest absolute Gasteiger partial charge is 0.339 e. The van der Waals surface area contributed by atoms with E-state index in [9.17, 15) is 0 Å². The summed E-state index contributed by atoms with van der Waals surface area (Å²) in [6.07, 6.45) is 0. The Balaban J connectivity index is 3.87. The van der Waals surface area contributed by atoms with Gasteiger partial charge < -0.3 is 4.90 Å². The van der Waals surface area contributed by atoms with Gasteiger partial charge >= 0.3 is 0 Å². The maximum Gasteiger partial charge on any atom is 0.0821 e. The molecule has 0 aliphatic carbocycles. The van der Waals surface area contributed by atoms with E-state index in [0.717, 1.165) is 5.92 Å². The molecule has 0 atom stereocenters. The third-order valence-corrected chi connectivity index (χ3v) is 2.37. The fourth-order valence-electron chi connectivity index (χ4n) is 1.12. The predicted octanol–water partition coefficient (Wildman–Crippen LogP) is 0.813. The molecule has 0 saturated carbocycles. The van der Waals surface area contributed by atoms with Crippen LogP contribution in [0.15, 0.2) is 0 Å². The Morgan fingerprint density at radius 3 is 1.70 bits per heavy atom. The summed E-state index contributed by atoms with van der Waals surface area (Å²) in [5.74, 6) is 0.780. The van der Waals surface area contributed by atoms with Crippen molar-refractivity contribution in [3.05, 3.63) is 0 Å². The van der Waals surface area contributed by atoms with Crippen LogP contribution in [0.25, 0.3) is 0 Å². The first kappa shape index (κ1) is 9.96. The maximum atomic E-state index is 2.34. The number of quaternary nitrogens is 1. The van der Waals surface area contributed by atoms with Crippen molar-refractivity contribution in [3.8, 4) is 0 Å². The molecular weight excluding hydrogens is 122 g/mol. The van der Waals surface area contributed by atoms with Crippen molar-refractivity contribution >= 4 is 0 Å². The molecule has 0 spiro atoms. The second-order valence-corrected chi connectivity index (χ2v) is 4.53. The number of rotatable bonds is 3. The van der Waals surface area contributed by atoms with E-state index >= 15 is 0 Å². The lowest BCUT2D eigenvalue weighted by Gasteiger charge is -2.29. The highest BCUT2D eigenvalue weighted by molar-refractivity contribution is 4.70. The van der Waals surface area contributed by atoms with Gasteiger partial charge in [0.25, 0.3) is 0 Å². The summed E-state index contributed by atoms with van der Waals surface area (Å²) in [5, 5.41) is 0. The first-order valence-electron chi connectivity index (χ1n) is 4.15. The smallest absolute Gasteiger partial charge is 0.0821 e. The van der Waals surface area contributed by atoms with Crippen LogP contribution in [-0.4, -0.2) is 20.6 Å². The van der Waals surface area contributed by atoms with Gasteiger partial charge in [-0.1, -0.05) is 27.7 Å². The lowest BCUT2D eigenvalue weighted by molar-refractivity contribution is -0.866. The molecule has 1 heteroatoms. The summed E-state index contributed by atoms with van der Waals surface area (Å²) in [6, 6.07) is 0. The van der Waals surface area contributed by atoms with Gasteiger partial charge in [0, 0.05) is 5.41 Å². The minimum Gasteiger partial charge on any atom is -0.339 e. The molecule has 0 saturated heterocycles. The second kappa shape index (κ2) is 3.38. The van der Waals surface area contributed by atoms with Crippen LogP contribution in [0.5, 0.6) is 0 Å². The highest BCUT2D eigenvalue weighted by Gasteiger charge is 2.24. The zero-order chi connectivity index (χ0) is 8.36. The van der Waals surface area contributed by atoms with Gasteiger partial charge in [0.15, 0.2) is 0 Å². The molecule has 0 aromatic rings. The molecule has 1 N–H and O–H groups in total. The van der Waals surface area contributed by atoms with Crippen LogP contribution in [0.2, 0.25) is 0 Å². The monoisotopic (exact) mass is 144 g/mol. The Kier molecular flexibility index (Phi) is 3.37. The van der Waals surface area contributed by atoms with Gasteiger partial charge in [-0.05, 0) is 5.92 Å². The van der Waals surface area contributed by atoms with E-state index in [1.807, 2.05) is 0 Å². The number of hydrogen-bond donors (Lipinski definition) is 1. The van der Waals surface area contributed by atoms with Gasteiger partial charge in [-0.2, -0.15) is 0 Å². The lowest BCUT2D eigenvalue weighted by Crippen LogP contribution is -3.07. The van der Waals surface area contributed by atoms with Crippen molar-refractivity contribution in [2.45, 2.75) is 27.7 Å². The van der Waals surface area contributed by atoms with Crippen molar-refractivity contribution < 1.29 is 4.90 Å². The summed E-state index contributed by atoms with van der Waals surface area (Å²) in [7, 11) is 4.42. The summed E-state index contributed by atoms with van der Waals surface area (Å²) >= 11 is 0. The van der Waals surface area contributed by atoms with Gasteiger partial charge in [0.2, 0.25) is 0 Å². The Bertz CT molecular complexity index is 92.9. The molecule has 0 rings (SSSR count). The average Bonchev–Trinajstić information content (AvgIpc) is 1.60. The number of hydrogen-bond acceptors (Lipinski definition) is 0. The van der Waals surface area contributed by atoms with E-state index in [1.54, 1.807) is 4.90 Å². The Labute approximate surface area is 65.4 Å². The second-order valence-electron chi connectivity index (χ2n) is 4.53. The summed E-state index contributed by atoms with van der Waals surface area (Å²) in [5.41, 5.74) is 0.485. The van der Waals surface area contributed by atoms with Crippen LogP contribution in [0.1, 0.15) is 27.7 Å². The zero-order valence-electron chi connectivity index (χ0n) is 8.28. The zero-order valence-corrected chi connectivity index (χ0v) is 8.28. The Hall–Kier alpha value is -0.0400. The molecule has 0 unspecified atom stereocenters. The van der Waals surface area contributed by atoms with E-state index < -0.39 is 0 Å². The molecule has 0 aliphatic heterocycles. The molecule has 0 aromatic heterocycles. The highest BCUT2D eigenvalue weighted by Crippen LogP contribution is 2.23. The minimum atomic E-state index is 0.485. The van der Waals surface area contributed by atoms with Crippen molar-refractivity contribution in [2.75, 3.05) is 20.6 Å². The van der Waals surface area contributed by atoms with Crippen LogP contribution in [0.3, 0.4) is 0 Å². The van der Waals surface area contributed by atoms with Gasteiger partial charge in [-0.3, -0.25) is 0 Å². The Morgan fingerprint density at radius 2 is 1.60 bits per heavy atom. The topological polar surface area (TPSA) is 4.44 Å². The molecule has 0 amide bonds. The lowest BCUT2D eigenvalue weighted by atomic mass is 9.81. The SMILES string of the molecule is CC(C)C(C)(C)C[NH+](C)C. The molecule has 0 radical (unpaired) electrons.